The first-order chi connectivity index (χ1) is 20.7. The predicted molar refractivity (Wildman–Crippen MR) is 153 cm³/mol. The Hall–Kier alpha value is -5.22. The van der Waals surface area contributed by atoms with Crippen LogP contribution in [-0.4, -0.2) is 49.5 Å². The summed E-state index contributed by atoms with van der Waals surface area (Å²) in [4.78, 5) is 17.3. The minimum absolute atomic E-state index is 0.00615. The van der Waals surface area contributed by atoms with Crippen molar-refractivity contribution in [3.8, 4) is 34.1 Å². The highest BCUT2D eigenvalue weighted by molar-refractivity contribution is 5.90. The SMILES string of the molecule is Cc1c(-c2ccnn2-c2ccc(C#N)cc2)cn2nc(NC(=O)N[C@H]3CCCNC3)nc2c1-c1cccc(C(F)(F)F)c1. The largest absolute Gasteiger partial charge is 0.416 e. The maximum absolute atomic E-state index is 13.7. The summed E-state index contributed by atoms with van der Waals surface area (Å²) in [7, 11) is 0. The van der Waals surface area contributed by atoms with Crippen molar-refractivity contribution in [2.75, 3.05) is 18.4 Å². The van der Waals surface area contributed by atoms with E-state index in [-0.39, 0.29) is 17.6 Å². The second kappa shape index (κ2) is 11.2. The van der Waals surface area contributed by atoms with Gasteiger partial charge in [0.1, 0.15) is 0 Å². The lowest BCUT2D eigenvalue weighted by Crippen LogP contribution is -2.47. The second-order valence-corrected chi connectivity index (χ2v) is 10.3. The summed E-state index contributed by atoms with van der Waals surface area (Å²) in [5, 5.41) is 26.9. The molecule has 0 aliphatic carbocycles. The van der Waals surface area contributed by atoms with Gasteiger partial charge in [-0.1, -0.05) is 12.1 Å². The molecule has 10 nitrogen and oxygen atoms in total. The third-order valence-corrected chi connectivity index (χ3v) is 7.38. The Labute approximate surface area is 244 Å². The number of amides is 2. The first kappa shape index (κ1) is 27.9. The van der Waals surface area contributed by atoms with E-state index < -0.39 is 17.8 Å². The van der Waals surface area contributed by atoms with Crippen LogP contribution >= 0.6 is 0 Å². The van der Waals surface area contributed by atoms with Gasteiger partial charge in [-0.2, -0.15) is 28.5 Å². The van der Waals surface area contributed by atoms with Crippen LogP contribution in [0.4, 0.5) is 23.9 Å². The molecule has 3 aromatic heterocycles. The number of carbonyl (C=O) groups is 1. The van der Waals surface area contributed by atoms with Gasteiger partial charge in [0.05, 0.1) is 34.8 Å². The Morgan fingerprint density at radius 3 is 2.70 bits per heavy atom. The Morgan fingerprint density at radius 2 is 1.98 bits per heavy atom. The van der Waals surface area contributed by atoms with Crippen LogP contribution in [0.25, 0.3) is 33.7 Å². The normalized spacial score (nSPS) is 15.3. The number of hydrogen-bond donors (Lipinski definition) is 3. The molecule has 5 aromatic rings. The monoisotopic (exact) mass is 585 g/mol. The van der Waals surface area contributed by atoms with Crippen LogP contribution in [0.1, 0.15) is 29.5 Å². The first-order valence-corrected chi connectivity index (χ1v) is 13.6. The molecule has 3 N–H and O–H groups in total. The number of nitrogens with zero attached hydrogens (tertiary/aromatic N) is 6. The minimum Gasteiger partial charge on any atom is -0.334 e. The van der Waals surface area contributed by atoms with Gasteiger partial charge in [0, 0.05) is 29.9 Å². The fourth-order valence-electron chi connectivity index (χ4n) is 5.30. The van der Waals surface area contributed by atoms with E-state index in [1.54, 1.807) is 60.4 Å². The third-order valence-electron chi connectivity index (χ3n) is 7.38. The number of anilines is 1. The van der Waals surface area contributed by atoms with Crippen molar-refractivity contribution in [3.05, 3.63) is 83.7 Å². The van der Waals surface area contributed by atoms with Crippen LogP contribution < -0.4 is 16.0 Å². The van der Waals surface area contributed by atoms with Gasteiger partial charge in [-0.05, 0) is 79.9 Å². The fraction of sp³-hybridized carbons (Fsp3) is 0.233. The molecule has 2 aromatic carbocycles. The number of pyridine rings is 1. The van der Waals surface area contributed by atoms with E-state index in [0.717, 1.165) is 31.5 Å². The average molecular weight is 586 g/mol. The molecule has 218 valence electrons. The van der Waals surface area contributed by atoms with Crippen molar-refractivity contribution in [2.45, 2.75) is 32.0 Å². The molecule has 0 radical (unpaired) electrons. The maximum Gasteiger partial charge on any atom is 0.416 e. The number of urea groups is 1. The molecule has 4 heterocycles. The molecule has 6 rings (SSSR count). The first-order valence-electron chi connectivity index (χ1n) is 13.6. The number of benzene rings is 2. The Bertz CT molecular complexity index is 1850. The molecular formula is C30H26F3N9O. The zero-order chi connectivity index (χ0) is 30.1. The topological polar surface area (TPSA) is 125 Å². The molecule has 2 amide bonds. The molecule has 1 fully saturated rings. The number of halogens is 3. The Balaban J connectivity index is 1.47. The third kappa shape index (κ3) is 5.64. The van der Waals surface area contributed by atoms with Gasteiger partial charge in [0.2, 0.25) is 0 Å². The highest BCUT2D eigenvalue weighted by atomic mass is 19.4. The summed E-state index contributed by atoms with van der Waals surface area (Å²) < 4.78 is 44.3. The molecule has 1 atom stereocenters. The van der Waals surface area contributed by atoms with E-state index in [4.69, 9.17) is 0 Å². The summed E-state index contributed by atoms with van der Waals surface area (Å²) >= 11 is 0. The summed E-state index contributed by atoms with van der Waals surface area (Å²) in [5.74, 6) is 0.00615. The molecule has 43 heavy (non-hydrogen) atoms. The lowest BCUT2D eigenvalue weighted by Gasteiger charge is -2.23. The number of aromatic nitrogens is 5. The molecule has 1 saturated heterocycles. The molecule has 0 unspecified atom stereocenters. The van der Waals surface area contributed by atoms with Crippen LogP contribution in [-0.2, 0) is 6.18 Å². The van der Waals surface area contributed by atoms with Gasteiger partial charge in [-0.15, -0.1) is 5.10 Å². The number of nitrogens with one attached hydrogen (secondary N) is 3. The zero-order valence-electron chi connectivity index (χ0n) is 23.0. The lowest BCUT2D eigenvalue weighted by atomic mass is 9.95. The molecule has 1 aliphatic rings. The molecule has 1 aliphatic heterocycles. The van der Waals surface area contributed by atoms with Crippen LogP contribution in [0.3, 0.4) is 0 Å². The van der Waals surface area contributed by atoms with Gasteiger partial charge in [-0.25, -0.2) is 14.0 Å². The maximum atomic E-state index is 13.7. The highest BCUT2D eigenvalue weighted by Gasteiger charge is 2.31. The summed E-state index contributed by atoms with van der Waals surface area (Å²) in [5.41, 5.74) is 3.30. The van der Waals surface area contributed by atoms with Gasteiger partial charge in [-0.3, -0.25) is 5.32 Å². The van der Waals surface area contributed by atoms with E-state index in [1.165, 1.54) is 10.6 Å². The minimum atomic E-state index is -4.54. The van der Waals surface area contributed by atoms with Crippen molar-refractivity contribution in [3.63, 3.8) is 0 Å². The zero-order valence-corrected chi connectivity index (χ0v) is 23.0. The number of rotatable bonds is 5. The average Bonchev–Trinajstić information content (AvgIpc) is 3.64. The van der Waals surface area contributed by atoms with Crippen LogP contribution in [0.2, 0.25) is 0 Å². The number of alkyl halides is 3. The van der Waals surface area contributed by atoms with E-state index in [0.29, 0.717) is 45.7 Å². The van der Waals surface area contributed by atoms with Gasteiger partial charge in [0.25, 0.3) is 5.95 Å². The van der Waals surface area contributed by atoms with Gasteiger partial charge >= 0.3 is 12.2 Å². The van der Waals surface area contributed by atoms with Gasteiger partial charge < -0.3 is 10.6 Å². The lowest BCUT2D eigenvalue weighted by molar-refractivity contribution is -0.137. The molecular weight excluding hydrogens is 559 g/mol. The van der Waals surface area contributed by atoms with Crippen molar-refractivity contribution in [2.24, 2.45) is 0 Å². The number of piperidine rings is 1. The molecule has 0 saturated carbocycles. The standard InChI is InChI=1S/C30H26F3N9O/c1-18-24(25-11-13-36-42(25)23-9-7-19(15-34)8-10-23)17-41-27(26(18)20-4-2-5-21(14-20)30(31,32)33)38-28(40-41)39-29(43)37-22-6-3-12-35-16-22/h2,4-5,7-11,13-14,17,22,35H,3,6,12,16H2,1H3,(H2,37,39,40,43)/t22-/m0/s1. The quantitative estimate of drug-likeness (QED) is 0.256. The Kier molecular flexibility index (Phi) is 7.29. The van der Waals surface area contributed by atoms with Crippen LogP contribution in [0.5, 0.6) is 0 Å². The van der Waals surface area contributed by atoms with Crippen molar-refractivity contribution in [1.82, 2.24) is 35.0 Å². The van der Waals surface area contributed by atoms with Gasteiger partial charge in [0.15, 0.2) is 5.65 Å². The van der Waals surface area contributed by atoms with Crippen molar-refractivity contribution in [1.29, 1.82) is 5.26 Å². The number of nitriles is 1. The number of hydrogen-bond acceptors (Lipinski definition) is 6. The van der Waals surface area contributed by atoms with E-state index in [2.05, 4.69) is 37.2 Å². The molecule has 13 heteroatoms. The van der Waals surface area contributed by atoms with E-state index in [1.807, 2.05) is 0 Å². The Morgan fingerprint density at radius 1 is 1.16 bits per heavy atom. The molecule has 0 bridgehead atoms. The van der Waals surface area contributed by atoms with Crippen LogP contribution in [0.15, 0.2) is 67.0 Å². The smallest absolute Gasteiger partial charge is 0.334 e. The predicted octanol–water partition coefficient (Wildman–Crippen LogP) is 5.32. The number of carbonyl (C=O) groups excluding carboxylic acids is 1. The second-order valence-electron chi connectivity index (χ2n) is 10.3. The summed E-state index contributed by atoms with van der Waals surface area (Å²) in [6.07, 6.45) is 0.561. The fourth-order valence-corrected chi connectivity index (χ4v) is 5.30. The van der Waals surface area contributed by atoms with E-state index in [9.17, 15) is 23.2 Å². The summed E-state index contributed by atoms with van der Waals surface area (Å²) in [6.45, 7) is 3.35. The van der Waals surface area contributed by atoms with Crippen molar-refractivity contribution < 1.29 is 18.0 Å². The van der Waals surface area contributed by atoms with Crippen LogP contribution in [0, 0.1) is 18.3 Å². The highest BCUT2D eigenvalue weighted by Crippen LogP contribution is 2.38. The number of fused-ring (bicyclic) bond motifs is 1. The van der Waals surface area contributed by atoms with E-state index >= 15 is 0 Å². The van der Waals surface area contributed by atoms with Crippen molar-refractivity contribution >= 4 is 17.6 Å². The summed E-state index contributed by atoms with van der Waals surface area (Å²) in [6, 6.07) is 15.3. The molecule has 0 spiro atoms.